The van der Waals surface area contributed by atoms with E-state index in [1.807, 2.05) is 6.07 Å². The van der Waals surface area contributed by atoms with Crippen molar-refractivity contribution in [2.45, 2.75) is 45.6 Å². The Bertz CT molecular complexity index is 622. The zero-order valence-electron chi connectivity index (χ0n) is 17.0. The first-order valence-electron chi connectivity index (χ1n) is 9.83. The number of rotatable bonds is 10. The van der Waals surface area contributed by atoms with Crippen LogP contribution in [0.25, 0.3) is 0 Å². The molecule has 0 aliphatic carbocycles. The molecule has 1 saturated heterocycles. The van der Waals surface area contributed by atoms with Crippen LogP contribution >= 0.6 is 0 Å². The van der Waals surface area contributed by atoms with E-state index in [2.05, 4.69) is 24.1 Å². The van der Waals surface area contributed by atoms with Crippen LogP contribution in [0.15, 0.2) is 12.1 Å². The molecule has 1 aliphatic rings. The largest absolute Gasteiger partial charge is 0.493 e. The van der Waals surface area contributed by atoms with Gasteiger partial charge in [-0.1, -0.05) is 13.8 Å². The van der Waals surface area contributed by atoms with Gasteiger partial charge in [0.05, 0.1) is 26.5 Å². The van der Waals surface area contributed by atoms with Crippen molar-refractivity contribution in [1.29, 1.82) is 0 Å². The minimum Gasteiger partial charge on any atom is -0.493 e. The summed E-state index contributed by atoms with van der Waals surface area (Å²) < 4.78 is 23.3. The van der Waals surface area contributed by atoms with Gasteiger partial charge in [-0.3, -0.25) is 14.1 Å². The van der Waals surface area contributed by atoms with E-state index in [0.29, 0.717) is 48.4 Å². The fourth-order valence-corrected chi connectivity index (χ4v) is 3.75. The van der Waals surface area contributed by atoms with E-state index in [1.165, 1.54) is 13.5 Å². The third-order valence-corrected chi connectivity index (χ3v) is 4.98. The van der Waals surface area contributed by atoms with Gasteiger partial charge in [0.2, 0.25) is 0 Å². The lowest BCUT2D eigenvalue weighted by atomic mass is 10.0. The van der Waals surface area contributed by atoms with E-state index in [-0.39, 0.29) is 12.6 Å². The van der Waals surface area contributed by atoms with Crippen LogP contribution in [0.2, 0.25) is 0 Å². The summed E-state index contributed by atoms with van der Waals surface area (Å²) in [6.07, 6.45) is 3.25. The summed E-state index contributed by atoms with van der Waals surface area (Å²) >= 11 is 0. The Hall–Kier alpha value is -1.82. The minimum atomic E-state index is -0.386. The second kappa shape index (κ2) is 10.5. The molecule has 5 nitrogen and oxygen atoms in total. The lowest BCUT2D eigenvalue weighted by molar-refractivity contribution is 0.0935. The molecule has 0 saturated carbocycles. The van der Waals surface area contributed by atoms with E-state index in [9.17, 15) is 9.18 Å². The van der Waals surface area contributed by atoms with Crippen molar-refractivity contribution in [3.63, 3.8) is 0 Å². The lowest BCUT2D eigenvalue weighted by Gasteiger charge is -2.26. The maximum Gasteiger partial charge on any atom is 0.255 e. The predicted octanol–water partition coefficient (Wildman–Crippen LogP) is 3.46. The van der Waals surface area contributed by atoms with Crippen molar-refractivity contribution >= 4 is 5.91 Å². The van der Waals surface area contributed by atoms with E-state index >= 15 is 0 Å². The molecule has 2 rings (SSSR count). The highest BCUT2D eigenvalue weighted by molar-refractivity contribution is 5.98. The van der Waals surface area contributed by atoms with Gasteiger partial charge in [-0.2, -0.15) is 0 Å². The fraction of sp³-hybridized carbons (Fsp3) is 0.667. The number of nitrogens with one attached hydrogen (secondary N) is 1. The Morgan fingerprint density at radius 1 is 1.33 bits per heavy atom. The van der Waals surface area contributed by atoms with Gasteiger partial charge in [-0.15, -0.1) is 0 Å². The molecule has 27 heavy (non-hydrogen) atoms. The number of halogens is 1. The minimum absolute atomic E-state index is 0.177. The van der Waals surface area contributed by atoms with Crippen molar-refractivity contribution in [3.05, 3.63) is 23.3 Å². The number of aryl methyl sites for hydroxylation is 1. The second-order valence-electron chi connectivity index (χ2n) is 7.57. The second-order valence-corrected chi connectivity index (χ2v) is 7.57. The Balaban J connectivity index is 2.11. The number of likely N-dealkylation sites (tertiary alicyclic amines) is 1. The van der Waals surface area contributed by atoms with Crippen LogP contribution in [0.1, 0.15) is 49.0 Å². The fourth-order valence-electron chi connectivity index (χ4n) is 3.75. The molecule has 1 atom stereocenters. The zero-order valence-corrected chi connectivity index (χ0v) is 17.0. The number of alkyl halides is 1. The van der Waals surface area contributed by atoms with Gasteiger partial charge >= 0.3 is 0 Å². The molecule has 1 aliphatic heterocycles. The molecule has 1 aromatic rings. The molecule has 1 fully saturated rings. The number of nitrogens with zero attached hydrogens (tertiary/aromatic N) is 1. The van der Waals surface area contributed by atoms with Gasteiger partial charge in [-0.25, -0.2) is 0 Å². The monoisotopic (exact) mass is 380 g/mol. The molecule has 1 N–H and O–H groups in total. The summed E-state index contributed by atoms with van der Waals surface area (Å²) in [7, 11) is 3.07. The Morgan fingerprint density at radius 3 is 2.74 bits per heavy atom. The highest BCUT2D eigenvalue weighted by atomic mass is 19.1. The number of ether oxygens (including phenoxy) is 2. The molecular formula is C21H33FN2O3. The van der Waals surface area contributed by atoms with Gasteiger partial charge in [0.25, 0.3) is 5.91 Å². The van der Waals surface area contributed by atoms with Crippen molar-refractivity contribution in [1.82, 2.24) is 10.2 Å². The van der Waals surface area contributed by atoms with Gasteiger partial charge in [0, 0.05) is 19.1 Å². The van der Waals surface area contributed by atoms with Gasteiger partial charge in [0.1, 0.15) is 0 Å². The molecule has 0 unspecified atom stereocenters. The van der Waals surface area contributed by atoms with E-state index in [4.69, 9.17) is 9.47 Å². The average Bonchev–Trinajstić information content (AvgIpc) is 3.09. The molecule has 152 valence electrons. The number of amides is 1. The Labute approximate surface area is 162 Å². The normalized spacial score (nSPS) is 17.3. The molecule has 1 heterocycles. The molecule has 0 aromatic heterocycles. The first-order chi connectivity index (χ1) is 13.0. The maximum atomic E-state index is 12.9. The first kappa shape index (κ1) is 21.5. The number of carbonyl (C=O) groups is 1. The standard InChI is InChI=1S/C21H33FN2O3/c1-15(2)14-24-10-6-8-17(24)13-23-21(25)18-11-16(7-5-9-22)12-19(26-3)20(18)27-4/h11-12,15,17H,5-10,13-14H2,1-4H3,(H,23,25)/t17-/m0/s1. The van der Waals surface area contributed by atoms with Crippen molar-refractivity contribution < 1.29 is 18.7 Å². The van der Waals surface area contributed by atoms with E-state index in [0.717, 1.165) is 25.1 Å². The average molecular weight is 381 g/mol. The number of methoxy groups -OCH3 is 2. The predicted molar refractivity (Wildman–Crippen MR) is 106 cm³/mol. The molecule has 0 radical (unpaired) electrons. The first-order valence-corrected chi connectivity index (χ1v) is 9.83. The number of carbonyl (C=O) groups excluding carboxylic acids is 1. The summed E-state index contributed by atoms with van der Waals surface area (Å²) in [5.41, 5.74) is 1.32. The van der Waals surface area contributed by atoms with Crippen LogP contribution < -0.4 is 14.8 Å². The maximum absolute atomic E-state index is 12.9. The quantitative estimate of drug-likeness (QED) is 0.675. The van der Waals surface area contributed by atoms with Crippen LogP contribution in [0.3, 0.4) is 0 Å². The van der Waals surface area contributed by atoms with Crippen LogP contribution in [-0.2, 0) is 6.42 Å². The highest BCUT2D eigenvalue weighted by Crippen LogP contribution is 2.33. The Kier molecular flexibility index (Phi) is 8.35. The van der Waals surface area contributed by atoms with Crippen molar-refractivity contribution in [3.8, 4) is 11.5 Å². The summed E-state index contributed by atoms with van der Waals surface area (Å²) in [6.45, 7) is 6.81. The summed E-state index contributed by atoms with van der Waals surface area (Å²) in [5.74, 6) is 1.35. The molecule has 6 heteroatoms. The summed E-state index contributed by atoms with van der Waals surface area (Å²) in [5, 5.41) is 3.06. The summed E-state index contributed by atoms with van der Waals surface area (Å²) in [4.78, 5) is 15.3. The van der Waals surface area contributed by atoms with Crippen LogP contribution in [-0.4, -0.2) is 57.4 Å². The molecule has 1 aromatic carbocycles. The molecule has 0 spiro atoms. The number of hydrogen-bond acceptors (Lipinski definition) is 4. The van der Waals surface area contributed by atoms with Crippen LogP contribution in [0, 0.1) is 5.92 Å². The molecular weight excluding hydrogens is 347 g/mol. The lowest BCUT2D eigenvalue weighted by Crippen LogP contribution is -2.41. The van der Waals surface area contributed by atoms with Crippen LogP contribution in [0.5, 0.6) is 11.5 Å². The zero-order chi connectivity index (χ0) is 19.8. The van der Waals surface area contributed by atoms with E-state index < -0.39 is 0 Å². The SMILES string of the molecule is COc1cc(CCCF)cc(C(=O)NC[C@@H]2CCCN2CC(C)C)c1OC. The molecule has 0 bridgehead atoms. The number of benzene rings is 1. The molecule has 1 amide bonds. The topological polar surface area (TPSA) is 50.8 Å². The van der Waals surface area contributed by atoms with Crippen molar-refractivity contribution in [2.24, 2.45) is 5.92 Å². The number of hydrogen-bond donors (Lipinski definition) is 1. The van der Waals surface area contributed by atoms with Gasteiger partial charge < -0.3 is 14.8 Å². The third kappa shape index (κ3) is 5.83. The smallest absolute Gasteiger partial charge is 0.255 e. The Morgan fingerprint density at radius 2 is 2.11 bits per heavy atom. The van der Waals surface area contributed by atoms with E-state index in [1.54, 1.807) is 13.2 Å². The van der Waals surface area contributed by atoms with Gasteiger partial charge in [0.15, 0.2) is 11.5 Å². The highest BCUT2D eigenvalue weighted by Gasteiger charge is 2.26. The van der Waals surface area contributed by atoms with Crippen molar-refractivity contribution in [2.75, 3.05) is 40.5 Å². The van der Waals surface area contributed by atoms with Crippen LogP contribution in [0.4, 0.5) is 4.39 Å². The summed E-state index contributed by atoms with van der Waals surface area (Å²) in [6, 6.07) is 3.97. The van der Waals surface area contributed by atoms with Gasteiger partial charge in [-0.05, 0) is 55.8 Å². The third-order valence-electron chi connectivity index (χ3n) is 4.98.